The molecule has 1 fully saturated rings. The summed E-state index contributed by atoms with van der Waals surface area (Å²) in [6, 6.07) is 0. The fourth-order valence-electron chi connectivity index (χ4n) is 2.08. The Bertz CT molecular complexity index is 128. The first kappa shape index (κ1) is 11.0. The van der Waals surface area contributed by atoms with Crippen LogP contribution in [0.4, 0.5) is 0 Å². The van der Waals surface area contributed by atoms with Gasteiger partial charge in [-0.05, 0) is 64.8 Å². The SMILES string of the molecule is CC(CCN(C)C)CC1CCNC1. The van der Waals surface area contributed by atoms with E-state index in [9.17, 15) is 0 Å². The molecule has 0 radical (unpaired) electrons. The molecule has 1 heterocycles. The molecule has 1 N–H and O–H groups in total. The van der Waals surface area contributed by atoms with Crippen LogP contribution in [0.25, 0.3) is 0 Å². The van der Waals surface area contributed by atoms with E-state index in [1.807, 2.05) is 0 Å². The number of rotatable bonds is 5. The highest BCUT2D eigenvalue weighted by atomic mass is 15.0. The Morgan fingerprint density at radius 3 is 2.77 bits per heavy atom. The molecule has 0 amide bonds. The summed E-state index contributed by atoms with van der Waals surface area (Å²) in [6.07, 6.45) is 4.16. The van der Waals surface area contributed by atoms with Gasteiger partial charge in [0.25, 0.3) is 0 Å². The Morgan fingerprint density at radius 2 is 2.23 bits per heavy atom. The van der Waals surface area contributed by atoms with Crippen LogP contribution in [-0.4, -0.2) is 38.6 Å². The summed E-state index contributed by atoms with van der Waals surface area (Å²) >= 11 is 0. The largest absolute Gasteiger partial charge is 0.316 e. The first-order valence-electron chi connectivity index (χ1n) is 5.54. The second kappa shape index (κ2) is 5.61. The van der Waals surface area contributed by atoms with E-state index in [0.29, 0.717) is 0 Å². The van der Waals surface area contributed by atoms with Crippen molar-refractivity contribution in [2.75, 3.05) is 33.7 Å². The van der Waals surface area contributed by atoms with Crippen molar-refractivity contribution in [2.45, 2.75) is 26.2 Å². The van der Waals surface area contributed by atoms with E-state index >= 15 is 0 Å². The average molecular weight is 184 g/mol. The lowest BCUT2D eigenvalue weighted by atomic mass is 9.93. The minimum atomic E-state index is 0.896. The molecule has 2 heteroatoms. The second-order valence-corrected chi connectivity index (χ2v) is 4.79. The molecule has 0 aromatic rings. The summed E-state index contributed by atoms with van der Waals surface area (Å²) < 4.78 is 0. The van der Waals surface area contributed by atoms with E-state index < -0.39 is 0 Å². The second-order valence-electron chi connectivity index (χ2n) is 4.79. The Hall–Kier alpha value is -0.0800. The maximum Gasteiger partial charge on any atom is -0.00199 e. The maximum absolute atomic E-state index is 3.43. The lowest BCUT2D eigenvalue weighted by Gasteiger charge is -2.17. The molecule has 1 rings (SSSR count). The zero-order valence-electron chi connectivity index (χ0n) is 9.34. The van der Waals surface area contributed by atoms with Gasteiger partial charge in [-0.3, -0.25) is 0 Å². The molecule has 0 aromatic carbocycles. The minimum Gasteiger partial charge on any atom is -0.316 e. The van der Waals surface area contributed by atoms with Gasteiger partial charge in [0.1, 0.15) is 0 Å². The van der Waals surface area contributed by atoms with Gasteiger partial charge in [-0.1, -0.05) is 6.92 Å². The Balaban J connectivity index is 2.05. The van der Waals surface area contributed by atoms with E-state index in [-0.39, 0.29) is 0 Å². The predicted octanol–water partition coefficient (Wildman–Crippen LogP) is 1.57. The Kier molecular flexibility index (Phi) is 4.74. The maximum atomic E-state index is 3.43. The van der Waals surface area contributed by atoms with Gasteiger partial charge >= 0.3 is 0 Å². The smallest absolute Gasteiger partial charge is 0.00199 e. The van der Waals surface area contributed by atoms with E-state index in [1.165, 1.54) is 38.9 Å². The van der Waals surface area contributed by atoms with Crippen LogP contribution < -0.4 is 5.32 Å². The number of hydrogen-bond donors (Lipinski definition) is 1. The Morgan fingerprint density at radius 1 is 1.46 bits per heavy atom. The number of hydrogen-bond acceptors (Lipinski definition) is 2. The molecule has 2 atom stereocenters. The third-order valence-electron chi connectivity index (χ3n) is 2.97. The van der Waals surface area contributed by atoms with Crippen molar-refractivity contribution in [3.05, 3.63) is 0 Å². The quantitative estimate of drug-likeness (QED) is 0.698. The molecule has 0 saturated carbocycles. The van der Waals surface area contributed by atoms with Crippen molar-refractivity contribution >= 4 is 0 Å². The van der Waals surface area contributed by atoms with Crippen molar-refractivity contribution in [1.82, 2.24) is 10.2 Å². The van der Waals surface area contributed by atoms with E-state index in [1.54, 1.807) is 0 Å². The minimum absolute atomic E-state index is 0.896. The highest BCUT2D eigenvalue weighted by Crippen LogP contribution is 2.20. The van der Waals surface area contributed by atoms with Gasteiger partial charge in [0.2, 0.25) is 0 Å². The van der Waals surface area contributed by atoms with Crippen LogP contribution in [0.5, 0.6) is 0 Å². The fraction of sp³-hybridized carbons (Fsp3) is 1.00. The summed E-state index contributed by atoms with van der Waals surface area (Å²) in [5.74, 6) is 1.85. The number of nitrogens with one attached hydrogen (secondary N) is 1. The van der Waals surface area contributed by atoms with Crippen LogP contribution in [0.3, 0.4) is 0 Å². The van der Waals surface area contributed by atoms with Gasteiger partial charge in [-0.15, -0.1) is 0 Å². The van der Waals surface area contributed by atoms with Gasteiger partial charge in [-0.2, -0.15) is 0 Å². The summed E-state index contributed by atoms with van der Waals surface area (Å²) in [5, 5.41) is 3.43. The van der Waals surface area contributed by atoms with Gasteiger partial charge in [-0.25, -0.2) is 0 Å². The van der Waals surface area contributed by atoms with Crippen molar-refractivity contribution in [3.63, 3.8) is 0 Å². The van der Waals surface area contributed by atoms with Crippen molar-refractivity contribution in [2.24, 2.45) is 11.8 Å². The predicted molar refractivity (Wildman–Crippen MR) is 57.9 cm³/mol. The molecular weight excluding hydrogens is 160 g/mol. The topological polar surface area (TPSA) is 15.3 Å². The standard InChI is InChI=1S/C11H24N2/c1-10(5-7-13(2)3)8-11-4-6-12-9-11/h10-12H,4-9H2,1-3H3. The molecule has 1 aliphatic heterocycles. The van der Waals surface area contributed by atoms with E-state index in [4.69, 9.17) is 0 Å². The number of nitrogens with zero attached hydrogens (tertiary/aromatic N) is 1. The van der Waals surface area contributed by atoms with Crippen molar-refractivity contribution < 1.29 is 0 Å². The van der Waals surface area contributed by atoms with Crippen LogP contribution in [0, 0.1) is 11.8 Å². The van der Waals surface area contributed by atoms with Crippen LogP contribution >= 0.6 is 0 Å². The van der Waals surface area contributed by atoms with Crippen LogP contribution in [0.1, 0.15) is 26.2 Å². The molecule has 0 bridgehead atoms. The van der Waals surface area contributed by atoms with Gasteiger partial charge in [0, 0.05) is 0 Å². The molecule has 1 saturated heterocycles. The summed E-state index contributed by atoms with van der Waals surface area (Å²) in [6.45, 7) is 6.13. The zero-order valence-corrected chi connectivity index (χ0v) is 9.34. The third-order valence-corrected chi connectivity index (χ3v) is 2.97. The Labute approximate surface area is 82.7 Å². The summed E-state index contributed by atoms with van der Waals surface area (Å²) in [7, 11) is 4.31. The van der Waals surface area contributed by atoms with Gasteiger partial charge in [0.15, 0.2) is 0 Å². The molecular formula is C11H24N2. The van der Waals surface area contributed by atoms with Gasteiger partial charge in [0.05, 0.1) is 0 Å². The first-order valence-corrected chi connectivity index (χ1v) is 5.54. The average Bonchev–Trinajstić information content (AvgIpc) is 2.53. The third kappa shape index (κ3) is 4.63. The fourth-order valence-corrected chi connectivity index (χ4v) is 2.08. The first-order chi connectivity index (χ1) is 6.18. The molecule has 0 aromatic heterocycles. The highest BCUT2D eigenvalue weighted by molar-refractivity contribution is 4.73. The molecule has 0 spiro atoms. The molecule has 0 aliphatic carbocycles. The van der Waals surface area contributed by atoms with Crippen molar-refractivity contribution in [1.29, 1.82) is 0 Å². The van der Waals surface area contributed by atoms with Crippen LogP contribution in [0.15, 0.2) is 0 Å². The molecule has 2 nitrogen and oxygen atoms in total. The highest BCUT2D eigenvalue weighted by Gasteiger charge is 2.17. The summed E-state index contributed by atoms with van der Waals surface area (Å²) in [5.41, 5.74) is 0. The lowest BCUT2D eigenvalue weighted by Crippen LogP contribution is -2.17. The normalized spacial score (nSPS) is 25.4. The van der Waals surface area contributed by atoms with Gasteiger partial charge < -0.3 is 10.2 Å². The van der Waals surface area contributed by atoms with Crippen LogP contribution in [-0.2, 0) is 0 Å². The molecule has 1 aliphatic rings. The molecule has 2 unspecified atom stereocenters. The molecule has 78 valence electrons. The lowest BCUT2D eigenvalue weighted by molar-refractivity contribution is 0.325. The molecule has 13 heavy (non-hydrogen) atoms. The van der Waals surface area contributed by atoms with E-state index in [2.05, 4.69) is 31.2 Å². The zero-order chi connectivity index (χ0) is 9.68. The van der Waals surface area contributed by atoms with E-state index in [0.717, 1.165) is 11.8 Å². The van der Waals surface area contributed by atoms with Crippen LogP contribution in [0.2, 0.25) is 0 Å². The van der Waals surface area contributed by atoms with Crippen molar-refractivity contribution in [3.8, 4) is 0 Å². The monoisotopic (exact) mass is 184 g/mol. The summed E-state index contributed by atoms with van der Waals surface area (Å²) in [4.78, 5) is 2.28.